The summed E-state index contributed by atoms with van der Waals surface area (Å²) >= 11 is 0. The number of carbonyl (C=O) groups is 2. The van der Waals surface area contributed by atoms with E-state index in [1.165, 1.54) is 0 Å². The van der Waals surface area contributed by atoms with Crippen LogP contribution in [0.2, 0.25) is 0 Å². The summed E-state index contributed by atoms with van der Waals surface area (Å²) in [4.78, 5) is 24.5. The van der Waals surface area contributed by atoms with Gasteiger partial charge in [0.1, 0.15) is 0 Å². The largest absolute Gasteiger partial charge is 0.379 e. The molecular weight excluding hydrogens is 196 g/mol. The molecule has 2 aliphatic rings. The van der Waals surface area contributed by atoms with Crippen molar-refractivity contribution < 1.29 is 14.3 Å². The second-order valence-corrected chi connectivity index (χ2v) is 4.07. The van der Waals surface area contributed by atoms with E-state index in [0.29, 0.717) is 26.2 Å². The molecule has 2 fully saturated rings. The molecule has 0 aromatic rings. The molecule has 2 aliphatic heterocycles. The molecule has 0 bridgehead atoms. The minimum Gasteiger partial charge on any atom is -0.379 e. The van der Waals surface area contributed by atoms with Crippen LogP contribution in [0.5, 0.6) is 0 Å². The quantitative estimate of drug-likeness (QED) is 0.673. The number of carbonyl (C=O) groups excluding carboxylic acids is 2. The van der Waals surface area contributed by atoms with Gasteiger partial charge in [0.15, 0.2) is 5.78 Å². The zero-order chi connectivity index (χ0) is 10.7. The minimum atomic E-state index is -0.126. The van der Waals surface area contributed by atoms with Crippen LogP contribution in [0.4, 0.5) is 4.79 Å². The number of likely N-dealkylation sites (tertiary alicyclic amines) is 1. The Balaban J connectivity index is 1.81. The Morgan fingerprint density at radius 3 is 3.07 bits per heavy atom. The van der Waals surface area contributed by atoms with Gasteiger partial charge in [-0.15, -0.1) is 0 Å². The highest BCUT2D eigenvalue weighted by Crippen LogP contribution is 2.08. The van der Waals surface area contributed by atoms with Crippen LogP contribution in [0.15, 0.2) is 0 Å². The molecule has 0 aliphatic carbocycles. The molecule has 0 aromatic carbocycles. The lowest BCUT2D eigenvalue weighted by molar-refractivity contribution is -0.121. The standard InChI is InChI=1S/C10H16N2O3/c13-9-2-1-4-12(6-9)10(14)11-8-3-5-15-7-8/h8H,1-7H2,(H,11,14). The lowest BCUT2D eigenvalue weighted by Gasteiger charge is -2.27. The lowest BCUT2D eigenvalue weighted by atomic mass is 10.1. The first-order valence-corrected chi connectivity index (χ1v) is 5.40. The number of Topliss-reactive ketones (excluding diaryl/α,β-unsaturated/α-hetero) is 1. The SMILES string of the molecule is O=C1CCCN(C(=O)NC2CCOC2)C1. The van der Waals surface area contributed by atoms with Crippen molar-refractivity contribution in [3.63, 3.8) is 0 Å². The van der Waals surface area contributed by atoms with Crippen molar-refractivity contribution >= 4 is 11.8 Å². The predicted molar refractivity (Wildman–Crippen MR) is 53.6 cm³/mol. The highest BCUT2D eigenvalue weighted by atomic mass is 16.5. The van der Waals surface area contributed by atoms with Gasteiger partial charge in [-0.25, -0.2) is 4.79 Å². The van der Waals surface area contributed by atoms with Crippen molar-refractivity contribution in [2.45, 2.75) is 25.3 Å². The summed E-state index contributed by atoms with van der Waals surface area (Å²) in [5, 5.41) is 2.88. The smallest absolute Gasteiger partial charge is 0.318 e. The van der Waals surface area contributed by atoms with Crippen LogP contribution in [0.25, 0.3) is 0 Å². The van der Waals surface area contributed by atoms with E-state index < -0.39 is 0 Å². The topological polar surface area (TPSA) is 58.6 Å². The molecule has 2 heterocycles. The first-order chi connectivity index (χ1) is 7.25. The average Bonchev–Trinajstić information content (AvgIpc) is 2.70. The molecule has 5 heteroatoms. The van der Waals surface area contributed by atoms with Crippen LogP contribution < -0.4 is 5.32 Å². The van der Waals surface area contributed by atoms with Crippen LogP contribution in [-0.2, 0) is 9.53 Å². The number of piperidine rings is 1. The van der Waals surface area contributed by atoms with Gasteiger partial charge in [-0.1, -0.05) is 0 Å². The molecule has 0 radical (unpaired) electrons. The van der Waals surface area contributed by atoms with Gasteiger partial charge in [-0.2, -0.15) is 0 Å². The van der Waals surface area contributed by atoms with Crippen molar-refractivity contribution in [2.24, 2.45) is 0 Å². The number of ether oxygens (including phenoxy) is 1. The van der Waals surface area contributed by atoms with Gasteiger partial charge in [0.05, 0.1) is 19.2 Å². The number of urea groups is 1. The molecule has 84 valence electrons. The molecule has 2 saturated heterocycles. The Hall–Kier alpha value is -1.10. The number of nitrogens with zero attached hydrogens (tertiary/aromatic N) is 1. The molecule has 1 unspecified atom stereocenters. The predicted octanol–water partition coefficient (Wildman–Crippen LogP) is 0.150. The fraction of sp³-hybridized carbons (Fsp3) is 0.800. The molecule has 1 atom stereocenters. The number of amides is 2. The van der Waals surface area contributed by atoms with Crippen LogP contribution in [0, 0.1) is 0 Å². The Morgan fingerprint density at radius 1 is 1.53 bits per heavy atom. The Kier molecular flexibility index (Phi) is 3.20. The highest BCUT2D eigenvalue weighted by Gasteiger charge is 2.24. The molecule has 15 heavy (non-hydrogen) atoms. The summed E-state index contributed by atoms with van der Waals surface area (Å²) < 4.78 is 5.17. The maximum atomic E-state index is 11.7. The Labute approximate surface area is 88.8 Å². The molecule has 5 nitrogen and oxygen atoms in total. The number of rotatable bonds is 1. The monoisotopic (exact) mass is 212 g/mol. The third kappa shape index (κ3) is 2.68. The van der Waals surface area contributed by atoms with Gasteiger partial charge in [-0.05, 0) is 12.8 Å². The number of nitrogens with one attached hydrogen (secondary N) is 1. The summed E-state index contributed by atoms with van der Waals surface area (Å²) in [7, 11) is 0. The maximum Gasteiger partial charge on any atom is 0.318 e. The van der Waals surface area contributed by atoms with Crippen LogP contribution in [0.3, 0.4) is 0 Å². The van der Waals surface area contributed by atoms with Crippen molar-refractivity contribution in [2.75, 3.05) is 26.3 Å². The first-order valence-electron chi connectivity index (χ1n) is 5.40. The molecule has 0 spiro atoms. The normalized spacial score (nSPS) is 26.8. The van der Waals surface area contributed by atoms with Crippen LogP contribution in [0.1, 0.15) is 19.3 Å². The summed E-state index contributed by atoms with van der Waals surface area (Å²) in [5.74, 6) is 0.152. The zero-order valence-corrected chi connectivity index (χ0v) is 8.70. The van der Waals surface area contributed by atoms with Crippen molar-refractivity contribution in [1.29, 1.82) is 0 Å². The first kappa shape index (κ1) is 10.4. The van der Waals surface area contributed by atoms with Gasteiger partial charge in [0.25, 0.3) is 0 Å². The molecule has 1 N–H and O–H groups in total. The molecule has 0 saturated carbocycles. The third-order valence-electron chi connectivity index (χ3n) is 2.80. The van der Waals surface area contributed by atoms with Gasteiger partial charge in [-0.3, -0.25) is 4.79 Å². The van der Waals surface area contributed by atoms with E-state index >= 15 is 0 Å². The van der Waals surface area contributed by atoms with Crippen LogP contribution >= 0.6 is 0 Å². The maximum absolute atomic E-state index is 11.7. The Morgan fingerprint density at radius 2 is 2.40 bits per heavy atom. The molecule has 2 rings (SSSR count). The number of hydrogen-bond acceptors (Lipinski definition) is 3. The van der Waals surface area contributed by atoms with Gasteiger partial charge >= 0.3 is 6.03 Å². The summed E-state index contributed by atoms with van der Waals surface area (Å²) in [5.41, 5.74) is 0. The van der Waals surface area contributed by atoms with Gasteiger partial charge < -0.3 is 15.0 Å². The van der Waals surface area contributed by atoms with Crippen molar-refractivity contribution in [1.82, 2.24) is 10.2 Å². The van der Waals surface area contributed by atoms with E-state index in [-0.39, 0.29) is 24.4 Å². The minimum absolute atomic E-state index is 0.120. The summed E-state index contributed by atoms with van der Waals surface area (Å²) in [6.07, 6.45) is 2.26. The lowest BCUT2D eigenvalue weighted by Crippen LogP contribution is -2.49. The van der Waals surface area contributed by atoms with Gasteiger partial charge in [0.2, 0.25) is 0 Å². The summed E-state index contributed by atoms with van der Waals surface area (Å²) in [6.45, 7) is 2.25. The van der Waals surface area contributed by atoms with Crippen molar-refractivity contribution in [3.8, 4) is 0 Å². The fourth-order valence-electron chi connectivity index (χ4n) is 1.93. The van der Waals surface area contributed by atoms with Crippen LogP contribution in [-0.4, -0.2) is 49.1 Å². The average molecular weight is 212 g/mol. The fourth-order valence-corrected chi connectivity index (χ4v) is 1.93. The molecule has 2 amide bonds. The van der Waals surface area contributed by atoms with E-state index in [0.717, 1.165) is 12.8 Å². The molecular formula is C10H16N2O3. The van der Waals surface area contributed by atoms with Gasteiger partial charge in [0, 0.05) is 19.6 Å². The van der Waals surface area contributed by atoms with E-state index in [2.05, 4.69) is 5.32 Å². The van der Waals surface area contributed by atoms with E-state index in [1.54, 1.807) is 4.90 Å². The Bertz CT molecular complexity index is 261. The van der Waals surface area contributed by atoms with E-state index in [1.807, 2.05) is 0 Å². The highest BCUT2D eigenvalue weighted by molar-refractivity contribution is 5.86. The second-order valence-electron chi connectivity index (χ2n) is 4.07. The van der Waals surface area contributed by atoms with E-state index in [9.17, 15) is 9.59 Å². The number of ketones is 1. The molecule has 0 aromatic heterocycles. The zero-order valence-electron chi connectivity index (χ0n) is 8.70. The summed E-state index contributed by atoms with van der Waals surface area (Å²) in [6, 6.07) is -0.00641. The third-order valence-corrected chi connectivity index (χ3v) is 2.80. The second kappa shape index (κ2) is 4.61. The number of hydrogen-bond donors (Lipinski definition) is 1. The van der Waals surface area contributed by atoms with Crippen molar-refractivity contribution in [3.05, 3.63) is 0 Å². The van der Waals surface area contributed by atoms with E-state index in [4.69, 9.17) is 4.74 Å².